The summed E-state index contributed by atoms with van der Waals surface area (Å²) in [6.45, 7) is 0. The first kappa shape index (κ1) is 16.0. The Bertz CT molecular complexity index is 861. The molecule has 122 valence electrons. The SMILES string of the molecule is O=C(CSc1nc2ccccc2[nH]1)Nc1ccccc1C(=O)OO. The maximum absolute atomic E-state index is 12.1. The number of nitrogens with one attached hydrogen (secondary N) is 2. The predicted octanol–water partition coefficient (Wildman–Crippen LogP) is 2.92. The summed E-state index contributed by atoms with van der Waals surface area (Å²) in [5, 5.41) is 11.7. The lowest BCUT2D eigenvalue weighted by Gasteiger charge is -2.08. The average molecular weight is 343 g/mol. The molecule has 0 aliphatic rings. The van der Waals surface area contributed by atoms with Gasteiger partial charge in [0.05, 0.1) is 28.0 Å². The first-order valence-electron chi connectivity index (χ1n) is 6.99. The minimum absolute atomic E-state index is 0.0714. The van der Waals surface area contributed by atoms with Crippen LogP contribution in [0, 0.1) is 0 Å². The van der Waals surface area contributed by atoms with Crippen LogP contribution in [0.5, 0.6) is 0 Å². The number of nitrogens with zero attached hydrogens (tertiary/aromatic N) is 1. The molecule has 0 fully saturated rings. The summed E-state index contributed by atoms with van der Waals surface area (Å²) in [7, 11) is 0. The highest BCUT2D eigenvalue weighted by molar-refractivity contribution is 7.99. The molecule has 2 aromatic carbocycles. The van der Waals surface area contributed by atoms with E-state index >= 15 is 0 Å². The molecule has 0 radical (unpaired) electrons. The molecular formula is C16H13N3O4S. The number of anilines is 1. The van der Waals surface area contributed by atoms with Crippen molar-refractivity contribution in [1.29, 1.82) is 0 Å². The van der Waals surface area contributed by atoms with E-state index in [4.69, 9.17) is 5.26 Å². The summed E-state index contributed by atoms with van der Waals surface area (Å²) < 4.78 is 0. The van der Waals surface area contributed by atoms with Gasteiger partial charge in [0, 0.05) is 0 Å². The lowest BCUT2D eigenvalue weighted by Crippen LogP contribution is -2.17. The third kappa shape index (κ3) is 3.55. The van der Waals surface area contributed by atoms with E-state index in [2.05, 4.69) is 20.2 Å². The number of fused-ring (bicyclic) bond motifs is 1. The molecule has 0 spiro atoms. The first-order chi connectivity index (χ1) is 11.7. The van der Waals surface area contributed by atoms with E-state index in [0.717, 1.165) is 11.0 Å². The predicted molar refractivity (Wildman–Crippen MR) is 89.9 cm³/mol. The van der Waals surface area contributed by atoms with E-state index in [-0.39, 0.29) is 22.9 Å². The van der Waals surface area contributed by atoms with Gasteiger partial charge in [0.15, 0.2) is 5.16 Å². The number of benzene rings is 2. The molecule has 1 amide bonds. The number of aromatic amines is 1. The van der Waals surface area contributed by atoms with Gasteiger partial charge >= 0.3 is 5.97 Å². The highest BCUT2D eigenvalue weighted by Crippen LogP contribution is 2.20. The lowest BCUT2D eigenvalue weighted by molar-refractivity contribution is -0.182. The number of amides is 1. The maximum Gasteiger partial charge on any atom is 0.374 e. The number of para-hydroxylation sites is 3. The van der Waals surface area contributed by atoms with Gasteiger partial charge in [0.25, 0.3) is 0 Å². The van der Waals surface area contributed by atoms with Gasteiger partial charge in [-0.15, -0.1) is 0 Å². The van der Waals surface area contributed by atoms with Crippen LogP contribution in [0.4, 0.5) is 5.69 Å². The summed E-state index contributed by atoms with van der Waals surface area (Å²) in [6.07, 6.45) is 0. The average Bonchev–Trinajstić information content (AvgIpc) is 3.03. The number of carbonyl (C=O) groups excluding carboxylic acids is 2. The van der Waals surface area contributed by atoms with Crippen LogP contribution >= 0.6 is 11.8 Å². The zero-order chi connectivity index (χ0) is 16.9. The van der Waals surface area contributed by atoms with Crippen molar-refractivity contribution in [3.8, 4) is 0 Å². The van der Waals surface area contributed by atoms with E-state index in [1.54, 1.807) is 18.2 Å². The number of imidazole rings is 1. The van der Waals surface area contributed by atoms with Crippen LogP contribution in [-0.2, 0) is 9.68 Å². The number of hydrogen-bond donors (Lipinski definition) is 3. The molecule has 24 heavy (non-hydrogen) atoms. The van der Waals surface area contributed by atoms with Crippen molar-refractivity contribution >= 4 is 40.4 Å². The minimum Gasteiger partial charge on any atom is -0.333 e. The number of carbonyl (C=O) groups is 2. The third-order valence-electron chi connectivity index (χ3n) is 3.21. The van der Waals surface area contributed by atoms with E-state index in [0.29, 0.717) is 5.16 Å². The molecule has 0 unspecified atom stereocenters. The second kappa shape index (κ2) is 7.16. The Kier molecular flexibility index (Phi) is 4.78. The fraction of sp³-hybridized carbons (Fsp3) is 0.0625. The Balaban J connectivity index is 1.65. The van der Waals surface area contributed by atoms with Crippen molar-refractivity contribution in [2.45, 2.75) is 5.16 Å². The van der Waals surface area contributed by atoms with Crippen molar-refractivity contribution in [2.75, 3.05) is 11.1 Å². The molecule has 0 aliphatic carbocycles. The molecule has 8 heteroatoms. The molecule has 3 aromatic rings. The Morgan fingerprint density at radius 1 is 1.17 bits per heavy atom. The maximum atomic E-state index is 12.1. The van der Waals surface area contributed by atoms with Gasteiger partial charge < -0.3 is 10.3 Å². The normalized spacial score (nSPS) is 10.5. The molecule has 3 rings (SSSR count). The highest BCUT2D eigenvalue weighted by Gasteiger charge is 2.15. The topological polar surface area (TPSA) is 104 Å². The van der Waals surface area contributed by atoms with Crippen molar-refractivity contribution in [3.05, 3.63) is 54.1 Å². The van der Waals surface area contributed by atoms with Crippen molar-refractivity contribution in [1.82, 2.24) is 9.97 Å². The van der Waals surface area contributed by atoms with Gasteiger partial charge in [-0.2, -0.15) is 5.26 Å². The van der Waals surface area contributed by atoms with Gasteiger partial charge in [0.2, 0.25) is 5.91 Å². The van der Waals surface area contributed by atoms with Crippen molar-refractivity contribution in [3.63, 3.8) is 0 Å². The number of hydrogen-bond acceptors (Lipinski definition) is 6. The number of thioether (sulfide) groups is 1. The molecule has 7 nitrogen and oxygen atoms in total. The standard InChI is InChI=1S/C16H13N3O4S/c20-14(17-11-6-2-1-5-10(11)15(21)23-22)9-24-16-18-12-7-3-4-8-13(12)19-16/h1-8,22H,9H2,(H,17,20)(H,18,19). The molecule has 0 bridgehead atoms. The van der Waals surface area contributed by atoms with Crippen molar-refractivity contribution < 1.29 is 19.7 Å². The minimum atomic E-state index is -0.934. The Morgan fingerprint density at radius 3 is 2.71 bits per heavy atom. The molecule has 3 N–H and O–H groups in total. The highest BCUT2D eigenvalue weighted by atomic mass is 32.2. The van der Waals surface area contributed by atoms with E-state index in [9.17, 15) is 9.59 Å². The third-order valence-corrected chi connectivity index (χ3v) is 4.08. The largest absolute Gasteiger partial charge is 0.374 e. The summed E-state index contributed by atoms with van der Waals surface area (Å²) in [5.41, 5.74) is 2.07. The van der Waals surface area contributed by atoms with Crippen LogP contribution < -0.4 is 5.32 Å². The van der Waals surface area contributed by atoms with Crippen LogP contribution in [0.15, 0.2) is 53.7 Å². The summed E-state index contributed by atoms with van der Waals surface area (Å²) in [6, 6.07) is 13.8. The van der Waals surface area contributed by atoms with Gasteiger partial charge in [0.1, 0.15) is 0 Å². The van der Waals surface area contributed by atoms with Crippen LogP contribution in [-0.4, -0.2) is 32.9 Å². The van der Waals surface area contributed by atoms with E-state index in [1.807, 2.05) is 24.3 Å². The zero-order valence-electron chi connectivity index (χ0n) is 12.4. The zero-order valence-corrected chi connectivity index (χ0v) is 13.2. The summed E-state index contributed by atoms with van der Waals surface area (Å²) in [5.74, 6) is -1.13. The number of aromatic nitrogens is 2. The quantitative estimate of drug-likeness (QED) is 0.374. The van der Waals surface area contributed by atoms with E-state index < -0.39 is 5.97 Å². The lowest BCUT2D eigenvalue weighted by atomic mass is 10.2. The van der Waals surface area contributed by atoms with Crippen molar-refractivity contribution in [2.24, 2.45) is 0 Å². The Labute approximate surface area is 141 Å². The van der Waals surface area contributed by atoms with Gasteiger partial charge in [-0.1, -0.05) is 36.0 Å². The van der Waals surface area contributed by atoms with Crippen LogP contribution in [0.25, 0.3) is 11.0 Å². The molecular weight excluding hydrogens is 330 g/mol. The fourth-order valence-electron chi connectivity index (χ4n) is 2.14. The second-order valence-electron chi connectivity index (χ2n) is 4.82. The summed E-state index contributed by atoms with van der Waals surface area (Å²) in [4.78, 5) is 34.7. The molecule has 0 saturated heterocycles. The smallest absolute Gasteiger partial charge is 0.333 e. The summed E-state index contributed by atoms with van der Waals surface area (Å²) >= 11 is 1.25. The Morgan fingerprint density at radius 2 is 1.92 bits per heavy atom. The molecule has 1 heterocycles. The monoisotopic (exact) mass is 343 g/mol. The first-order valence-corrected chi connectivity index (χ1v) is 7.98. The molecule has 0 atom stereocenters. The van der Waals surface area contributed by atoms with E-state index in [1.165, 1.54) is 17.8 Å². The number of rotatable bonds is 5. The molecule has 1 aromatic heterocycles. The van der Waals surface area contributed by atoms with Gasteiger partial charge in [-0.05, 0) is 24.3 Å². The second-order valence-corrected chi connectivity index (χ2v) is 5.78. The van der Waals surface area contributed by atoms with Crippen LogP contribution in [0.1, 0.15) is 10.4 Å². The van der Waals surface area contributed by atoms with Crippen LogP contribution in [0.2, 0.25) is 0 Å². The number of H-pyrrole nitrogens is 1. The van der Waals surface area contributed by atoms with Gasteiger partial charge in [-0.3, -0.25) is 9.68 Å². The molecule has 0 saturated carbocycles. The van der Waals surface area contributed by atoms with Gasteiger partial charge in [-0.25, -0.2) is 9.78 Å². The Hall–Kier alpha value is -2.84. The molecule has 0 aliphatic heterocycles. The fourth-order valence-corrected chi connectivity index (χ4v) is 2.82. The van der Waals surface area contributed by atoms with Crippen LogP contribution in [0.3, 0.4) is 0 Å².